The number of hydrogen-bond donors (Lipinski definition) is 3. The lowest BCUT2D eigenvalue weighted by Crippen LogP contribution is -2.57. The zero-order valence-electron chi connectivity index (χ0n) is 23.1. The second kappa shape index (κ2) is 12.7. The molecule has 2 atom stereocenters. The number of benzene rings is 1. The van der Waals surface area contributed by atoms with E-state index < -0.39 is 17.7 Å². The number of methoxy groups -OCH3 is 1. The number of anilines is 2. The molecule has 0 aliphatic carbocycles. The van der Waals surface area contributed by atoms with Crippen LogP contribution in [-0.4, -0.2) is 86.0 Å². The molecule has 2 aromatic heterocycles. The number of nitrogens with zero attached hydrogens (tertiary/aromatic N) is 2. The van der Waals surface area contributed by atoms with Crippen LogP contribution in [0.3, 0.4) is 0 Å². The van der Waals surface area contributed by atoms with Crippen molar-refractivity contribution in [3.63, 3.8) is 0 Å². The fraction of sp³-hybridized carbons (Fsp3) is 0.414. The fourth-order valence-corrected chi connectivity index (χ4v) is 5.76. The van der Waals surface area contributed by atoms with E-state index in [9.17, 15) is 18.0 Å². The van der Waals surface area contributed by atoms with Gasteiger partial charge in [-0.25, -0.2) is 4.39 Å². The Labute approximate surface area is 245 Å². The summed E-state index contributed by atoms with van der Waals surface area (Å²) in [4.78, 5) is 14.1. The molecule has 5 rings (SSSR count). The highest BCUT2D eigenvalue weighted by Gasteiger charge is 2.36. The van der Waals surface area contributed by atoms with Gasteiger partial charge in [0.1, 0.15) is 16.9 Å². The molecule has 0 saturated carbocycles. The maximum Gasteiger partial charge on any atom is 0.447 e. The summed E-state index contributed by atoms with van der Waals surface area (Å²) in [6.45, 7) is 2.30. The molecule has 0 unspecified atom stereocenters. The lowest BCUT2D eigenvalue weighted by atomic mass is 10.00. The second-order valence-corrected chi connectivity index (χ2v) is 11.0. The first-order valence-corrected chi connectivity index (χ1v) is 14.2. The van der Waals surface area contributed by atoms with Crippen molar-refractivity contribution in [2.24, 2.45) is 0 Å². The summed E-state index contributed by atoms with van der Waals surface area (Å²) in [6, 6.07) is 9.60. The Hall–Kier alpha value is -3.60. The first-order valence-electron chi connectivity index (χ1n) is 13.4. The molecule has 2 fully saturated rings. The molecule has 3 aromatic rings. The molecule has 3 N–H and O–H groups in total. The van der Waals surface area contributed by atoms with Crippen molar-refractivity contribution in [2.75, 3.05) is 57.6 Å². The van der Waals surface area contributed by atoms with Gasteiger partial charge < -0.3 is 29.8 Å². The quantitative estimate of drug-likeness (QED) is 0.197. The van der Waals surface area contributed by atoms with Crippen molar-refractivity contribution in [3.8, 4) is 17.6 Å². The van der Waals surface area contributed by atoms with E-state index in [1.807, 2.05) is 0 Å². The van der Waals surface area contributed by atoms with E-state index in [2.05, 4.69) is 32.7 Å². The maximum absolute atomic E-state index is 15.1. The standard InChI is InChI=1S/C29H31F4N5O3S/c1-34-27(39)18-7-8-26(40-2)24(13-18)35-10-3-5-19-14-25-23(6-4-11-38(25)28(19)42-29(31,32)33)36-22-9-12-37(15-21(22)30)20-16-41-17-20/h4,6-8,11,13-14,20-22,35-36H,9-10,12,15-17H2,1-2H3,(H,34,39)/t21-,22+/m0/s1. The highest BCUT2D eigenvalue weighted by atomic mass is 32.2. The van der Waals surface area contributed by atoms with Crippen LogP contribution in [0, 0.1) is 11.8 Å². The molecule has 4 heterocycles. The number of piperidine rings is 1. The number of likely N-dealkylation sites (tertiary alicyclic amines) is 1. The minimum atomic E-state index is -4.54. The molecule has 2 saturated heterocycles. The van der Waals surface area contributed by atoms with Gasteiger partial charge in [-0.05, 0) is 42.8 Å². The van der Waals surface area contributed by atoms with Crippen molar-refractivity contribution < 1.29 is 31.8 Å². The molecular formula is C29H31F4N5O3S. The van der Waals surface area contributed by atoms with Crippen molar-refractivity contribution in [3.05, 3.63) is 53.7 Å². The number of carbonyl (C=O) groups is 1. The van der Waals surface area contributed by atoms with Crippen molar-refractivity contribution in [1.82, 2.24) is 14.6 Å². The van der Waals surface area contributed by atoms with Crippen LogP contribution < -0.4 is 20.7 Å². The van der Waals surface area contributed by atoms with E-state index in [-0.39, 0.29) is 47.4 Å². The predicted molar refractivity (Wildman–Crippen MR) is 154 cm³/mol. The molecule has 224 valence electrons. The molecule has 0 radical (unpaired) electrons. The van der Waals surface area contributed by atoms with E-state index >= 15 is 4.39 Å². The molecule has 0 spiro atoms. The van der Waals surface area contributed by atoms with Gasteiger partial charge in [-0.2, -0.15) is 13.2 Å². The average Bonchev–Trinajstić information content (AvgIpc) is 3.27. The third-order valence-corrected chi connectivity index (χ3v) is 8.15. The Bertz CT molecular complexity index is 1500. The second-order valence-electron chi connectivity index (χ2n) is 9.98. The van der Waals surface area contributed by atoms with Gasteiger partial charge >= 0.3 is 5.51 Å². The molecule has 13 heteroatoms. The van der Waals surface area contributed by atoms with Crippen molar-refractivity contribution >= 4 is 34.6 Å². The lowest BCUT2D eigenvalue weighted by molar-refractivity contribution is -0.0793. The third-order valence-electron chi connectivity index (χ3n) is 7.31. The van der Waals surface area contributed by atoms with Crippen LogP contribution in [0.2, 0.25) is 0 Å². The fourth-order valence-electron chi connectivity index (χ4n) is 5.07. The van der Waals surface area contributed by atoms with Gasteiger partial charge in [0.05, 0.1) is 61.4 Å². The number of pyridine rings is 1. The molecule has 0 bridgehead atoms. The minimum absolute atomic E-state index is 0.0785. The monoisotopic (exact) mass is 605 g/mol. The van der Waals surface area contributed by atoms with Crippen LogP contribution in [0.5, 0.6) is 5.75 Å². The van der Waals surface area contributed by atoms with Gasteiger partial charge in [0.15, 0.2) is 0 Å². The summed E-state index contributed by atoms with van der Waals surface area (Å²) >= 11 is -0.245. The third kappa shape index (κ3) is 6.72. The summed E-state index contributed by atoms with van der Waals surface area (Å²) in [5, 5.41) is 8.78. The number of rotatable bonds is 8. The first kappa shape index (κ1) is 29.9. The van der Waals surface area contributed by atoms with Crippen LogP contribution in [-0.2, 0) is 4.74 Å². The number of nitrogens with one attached hydrogen (secondary N) is 3. The van der Waals surface area contributed by atoms with Gasteiger partial charge in [0, 0.05) is 43.7 Å². The highest BCUT2D eigenvalue weighted by Crippen LogP contribution is 2.41. The van der Waals surface area contributed by atoms with Gasteiger partial charge in [0.2, 0.25) is 0 Å². The topological polar surface area (TPSA) is 79.3 Å². The number of thioether (sulfide) groups is 1. The SMILES string of the molecule is CNC(=O)c1ccc(OC)c(NCC#Cc2cc3c(N[C@@H]4CCN(C5COC5)C[C@@H]4F)cccn3c2SC(F)(F)F)c1. The molecule has 42 heavy (non-hydrogen) atoms. The van der Waals surface area contributed by atoms with Crippen LogP contribution in [0.1, 0.15) is 22.3 Å². The molecule has 2 aliphatic rings. The number of carbonyl (C=O) groups excluding carboxylic acids is 1. The van der Waals surface area contributed by atoms with Crippen LogP contribution in [0.25, 0.3) is 5.52 Å². The number of hydrogen-bond acceptors (Lipinski definition) is 7. The van der Waals surface area contributed by atoms with Gasteiger partial charge in [-0.15, -0.1) is 0 Å². The smallest absolute Gasteiger partial charge is 0.447 e. The largest absolute Gasteiger partial charge is 0.495 e. The van der Waals surface area contributed by atoms with Crippen LogP contribution >= 0.6 is 11.8 Å². The molecule has 8 nitrogen and oxygen atoms in total. The zero-order chi connectivity index (χ0) is 29.9. The predicted octanol–water partition coefficient (Wildman–Crippen LogP) is 4.61. The molecule has 1 amide bonds. The average molecular weight is 606 g/mol. The first-order chi connectivity index (χ1) is 20.2. The summed E-state index contributed by atoms with van der Waals surface area (Å²) in [5.41, 5.74) is -2.41. The van der Waals surface area contributed by atoms with Crippen LogP contribution in [0.4, 0.5) is 28.9 Å². The molecule has 2 aliphatic heterocycles. The lowest BCUT2D eigenvalue weighted by Gasteiger charge is -2.43. The Morgan fingerprint density at radius 3 is 2.69 bits per heavy atom. The van der Waals surface area contributed by atoms with Crippen molar-refractivity contribution in [1.29, 1.82) is 0 Å². The Morgan fingerprint density at radius 2 is 2.02 bits per heavy atom. The van der Waals surface area contributed by atoms with E-state index in [4.69, 9.17) is 9.47 Å². The highest BCUT2D eigenvalue weighted by molar-refractivity contribution is 8.00. The van der Waals surface area contributed by atoms with E-state index in [1.165, 1.54) is 18.6 Å². The Kier molecular flexibility index (Phi) is 9.05. The molecular weight excluding hydrogens is 574 g/mol. The van der Waals surface area contributed by atoms with E-state index in [0.29, 0.717) is 54.4 Å². The summed E-state index contributed by atoms with van der Waals surface area (Å²) in [7, 11) is 3.01. The maximum atomic E-state index is 15.1. The summed E-state index contributed by atoms with van der Waals surface area (Å²) in [5.74, 6) is 5.95. The van der Waals surface area contributed by atoms with Gasteiger partial charge in [-0.3, -0.25) is 9.69 Å². The Morgan fingerprint density at radius 1 is 1.21 bits per heavy atom. The molecule has 1 aromatic carbocycles. The summed E-state index contributed by atoms with van der Waals surface area (Å²) < 4.78 is 67.9. The van der Waals surface area contributed by atoms with Gasteiger partial charge in [-0.1, -0.05) is 11.8 Å². The number of halogens is 4. The van der Waals surface area contributed by atoms with Crippen molar-refractivity contribution in [2.45, 2.75) is 35.2 Å². The normalized spacial score (nSPS) is 19.5. The van der Waals surface area contributed by atoms with E-state index in [0.717, 1.165) is 0 Å². The number of alkyl halides is 4. The number of fused-ring (bicyclic) bond motifs is 1. The minimum Gasteiger partial charge on any atom is -0.495 e. The Balaban J connectivity index is 1.37. The number of ether oxygens (including phenoxy) is 2. The van der Waals surface area contributed by atoms with Crippen LogP contribution in [0.15, 0.2) is 47.6 Å². The van der Waals surface area contributed by atoms with Gasteiger partial charge in [0.25, 0.3) is 5.91 Å². The number of amides is 1. The summed E-state index contributed by atoms with van der Waals surface area (Å²) in [6.07, 6.45) is 0.967. The van der Waals surface area contributed by atoms with E-state index in [1.54, 1.807) is 42.6 Å². The zero-order valence-corrected chi connectivity index (χ0v) is 23.9. The number of aromatic nitrogens is 1.